The first kappa shape index (κ1) is 13.7. The van der Waals surface area contributed by atoms with Gasteiger partial charge in [-0.2, -0.15) is 0 Å². The second-order valence-corrected chi connectivity index (χ2v) is 3.76. The molecule has 0 aliphatic rings. The first-order chi connectivity index (χ1) is 9.51. The number of methoxy groups -OCH3 is 1. The summed E-state index contributed by atoms with van der Waals surface area (Å²) in [6, 6.07) is 3.80. The molecule has 0 fully saturated rings. The first-order valence-corrected chi connectivity index (χ1v) is 5.44. The minimum Gasteiger partial charge on any atom is -0.490 e. The van der Waals surface area contributed by atoms with Gasteiger partial charge in [0.15, 0.2) is 17.4 Å². The van der Waals surface area contributed by atoms with Crippen LogP contribution in [0.1, 0.15) is 10.6 Å². The Morgan fingerprint density at radius 2 is 2.00 bits per heavy atom. The standard InChI is InChI=1S/C13H9F2NO4/c1-19-12-6-20-11(5-10(12)17)13(18)16-7-2-3-8(14)9(15)4-7/h2-6H,1H3,(H,16,18). The molecule has 1 heterocycles. The molecule has 7 heteroatoms. The molecule has 0 aliphatic heterocycles. The van der Waals surface area contributed by atoms with Gasteiger partial charge in [0.1, 0.15) is 6.26 Å². The van der Waals surface area contributed by atoms with Crippen LogP contribution in [0.25, 0.3) is 0 Å². The maximum absolute atomic E-state index is 13.0. The highest BCUT2D eigenvalue weighted by atomic mass is 19.2. The smallest absolute Gasteiger partial charge is 0.291 e. The second-order valence-electron chi connectivity index (χ2n) is 3.76. The molecule has 0 saturated heterocycles. The Balaban J connectivity index is 2.21. The van der Waals surface area contributed by atoms with Crippen LogP contribution in [0.3, 0.4) is 0 Å². The summed E-state index contributed by atoms with van der Waals surface area (Å²) in [6.45, 7) is 0. The minimum atomic E-state index is -1.10. The van der Waals surface area contributed by atoms with Crippen molar-refractivity contribution in [3.8, 4) is 5.75 Å². The molecule has 2 rings (SSSR count). The fraction of sp³-hybridized carbons (Fsp3) is 0.0769. The van der Waals surface area contributed by atoms with Crippen molar-refractivity contribution in [1.82, 2.24) is 0 Å². The number of hydrogen-bond acceptors (Lipinski definition) is 4. The van der Waals surface area contributed by atoms with Crippen LogP contribution in [0.4, 0.5) is 14.5 Å². The summed E-state index contributed by atoms with van der Waals surface area (Å²) in [5.41, 5.74) is -0.499. The second kappa shape index (κ2) is 5.52. The van der Waals surface area contributed by atoms with Gasteiger partial charge in [0.25, 0.3) is 5.91 Å². The Hall–Kier alpha value is -2.70. The van der Waals surface area contributed by atoms with E-state index in [0.29, 0.717) is 0 Å². The number of rotatable bonds is 3. The van der Waals surface area contributed by atoms with Crippen molar-refractivity contribution < 1.29 is 22.7 Å². The minimum absolute atomic E-state index is 0.0346. The van der Waals surface area contributed by atoms with Crippen LogP contribution >= 0.6 is 0 Å². The van der Waals surface area contributed by atoms with Gasteiger partial charge >= 0.3 is 0 Å². The van der Waals surface area contributed by atoms with Crippen LogP contribution in [0.2, 0.25) is 0 Å². The third-order valence-electron chi connectivity index (χ3n) is 2.42. The zero-order valence-corrected chi connectivity index (χ0v) is 10.3. The quantitative estimate of drug-likeness (QED) is 0.936. The molecule has 1 aromatic heterocycles. The van der Waals surface area contributed by atoms with Gasteiger partial charge in [-0.05, 0) is 12.1 Å². The van der Waals surface area contributed by atoms with Gasteiger partial charge in [0.05, 0.1) is 7.11 Å². The highest BCUT2D eigenvalue weighted by Crippen LogP contribution is 2.14. The van der Waals surface area contributed by atoms with Crippen molar-refractivity contribution in [3.63, 3.8) is 0 Å². The van der Waals surface area contributed by atoms with Gasteiger partial charge < -0.3 is 14.5 Å². The molecule has 0 unspecified atom stereocenters. The monoisotopic (exact) mass is 281 g/mol. The van der Waals surface area contributed by atoms with Gasteiger partial charge in [-0.15, -0.1) is 0 Å². The summed E-state index contributed by atoms with van der Waals surface area (Å²) in [5, 5.41) is 2.27. The number of anilines is 1. The Morgan fingerprint density at radius 3 is 2.60 bits per heavy atom. The molecule has 104 valence electrons. The van der Waals surface area contributed by atoms with Crippen LogP contribution in [0.5, 0.6) is 5.75 Å². The summed E-state index contributed by atoms with van der Waals surface area (Å²) >= 11 is 0. The zero-order chi connectivity index (χ0) is 14.7. The van der Waals surface area contributed by atoms with Gasteiger partial charge in [0, 0.05) is 17.8 Å². The van der Waals surface area contributed by atoms with Crippen molar-refractivity contribution in [1.29, 1.82) is 0 Å². The van der Waals surface area contributed by atoms with E-state index in [1.807, 2.05) is 0 Å². The maximum Gasteiger partial charge on any atom is 0.291 e. The van der Waals surface area contributed by atoms with Crippen LogP contribution in [0, 0.1) is 11.6 Å². The van der Waals surface area contributed by atoms with Crippen molar-refractivity contribution in [2.45, 2.75) is 0 Å². The van der Waals surface area contributed by atoms with Crippen LogP contribution in [-0.4, -0.2) is 13.0 Å². The number of amides is 1. The number of carbonyl (C=O) groups excluding carboxylic acids is 1. The molecule has 1 aromatic carbocycles. The van der Waals surface area contributed by atoms with Gasteiger partial charge in [-0.1, -0.05) is 0 Å². The summed E-state index contributed by atoms with van der Waals surface area (Å²) in [5.74, 6) is -3.22. The molecular weight excluding hydrogens is 272 g/mol. The lowest BCUT2D eigenvalue weighted by Crippen LogP contribution is -2.15. The predicted molar refractivity (Wildman–Crippen MR) is 65.8 cm³/mol. The number of carbonyl (C=O) groups is 1. The van der Waals surface area contributed by atoms with Crippen LogP contribution in [0.15, 0.2) is 39.7 Å². The Labute approximate surface area is 111 Å². The number of halogens is 2. The molecule has 20 heavy (non-hydrogen) atoms. The van der Waals surface area contributed by atoms with Crippen molar-refractivity contribution in [3.05, 3.63) is 58.1 Å². The molecular formula is C13H9F2NO4. The lowest BCUT2D eigenvalue weighted by molar-refractivity contribution is 0.0993. The summed E-state index contributed by atoms with van der Waals surface area (Å²) in [7, 11) is 1.29. The Kier molecular flexibility index (Phi) is 3.79. The van der Waals surface area contributed by atoms with Crippen LogP contribution in [-0.2, 0) is 0 Å². The molecule has 0 aliphatic carbocycles. The Morgan fingerprint density at radius 1 is 1.25 bits per heavy atom. The lowest BCUT2D eigenvalue weighted by atomic mass is 10.3. The highest BCUT2D eigenvalue weighted by Gasteiger charge is 2.13. The normalized spacial score (nSPS) is 10.2. The maximum atomic E-state index is 13.0. The molecule has 1 N–H and O–H groups in total. The fourth-order valence-electron chi connectivity index (χ4n) is 1.43. The first-order valence-electron chi connectivity index (χ1n) is 5.44. The van der Waals surface area contributed by atoms with Gasteiger partial charge in [-0.25, -0.2) is 8.78 Å². The SMILES string of the molecule is COc1coc(C(=O)Nc2ccc(F)c(F)c2)cc1=O. The lowest BCUT2D eigenvalue weighted by Gasteiger charge is -2.05. The molecule has 1 amide bonds. The zero-order valence-electron chi connectivity index (χ0n) is 10.3. The van der Waals surface area contributed by atoms with E-state index >= 15 is 0 Å². The molecule has 0 bridgehead atoms. The third kappa shape index (κ3) is 2.82. The van der Waals surface area contributed by atoms with Crippen molar-refractivity contribution >= 4 is 11.6 Å². The largest absolute Gasteiger partial charge is 0.490 e. The van der Waals surface area contributed by atoms with E-state index in [2.05, 4.69) is 5.32 Å². The van der Waals surface area contributed by atoms with Crippen molar-refractivity contribution in [2.24, 2.45) is 0 Å². The van der Waals surface area contributed by atoms with E-state index < -0.39 is 23.0 Å². The highest BCUT2D eigenvalue weighted by molar-refractivity contribution is 6.02. The summed E-state index contributed by atoms with van der Waals surface area (Å²) in [4.78, 5) is 23.2. The molecule has 5 nitrogen and oxygen atoms in total. The Bertz CT molecular complexity index is 712. The predicted octanol–water partition coefficient (Wildman–Crippen LogP) is 2.18. The average molecular weight is 281 g/mol. The van der Waals surface area contributed by atoms with E-state index in [1.165, 1.54) is 13.2 Å². The molecule has 0 atom stereocenters. The summed E-state index contributed by atoms with van der Waals surface area (Å²) < 4.78 is 35.3. The number of nitrogens with one attached hydrogen (secondary N) is 1. The van der Waals surface area contributed by atoms with Gasteiger partial charge in [-0.3, -0.25) is 9.59 Å². The molecule has 0 radical (unpaired) electrons. The van der Waals surface area contributed by atoms with E-state index in [-0.39, 0.29) is 17.2 Å². The number of hydrogen-bond donors (Lipinski definition) is 1. The molecule has 0 saturated carbocycles. The van der Waals surface area contributed by atoms with Crippen molar-refractivity contribution in [2.75, 3.05) is 12.4 Å². The van der Waals surface area contributed by atoms with Gasteiger partial charge in [0.2, 0.25) is 11.2 Å². The topological polar surface area (TPSA) is 68.5 Å². The fourth-order valence-corrected chi connectivity index (χ4v) is 1.43. The van der Waals surface area contributed by atoms with E-state index in [9.17, 15) is 18.4 Å². The van der Waals surface area contributed by atoms with E-state index in [0.717, 1.165) is 24.5 Å². The average Bonchev–Trinajstić information content (AvgIpc) is 2.42. The number of ether oxygens (including phenoxy) is 1. The van der Waals surface area contributed by atoms with E-state index in [1.54, 1.807) is 0 Å². The number of benzene rings is 1. The molecule has 2 aromatic rings. The van der Waals surface area contributed by atoms with Crippen LogP contribution < -0.4 is 15.5 Å². The van der Waals surface area contributed by atoms with E-state index in [4.69, 9.17) is 9.15 Å². The third-order valence-corrected chi connectivity index (χ3v) is 2.42. The summed E-state index contributed by atoms with van der Waals surface area (Å²) in [6.07, 6.45) is 0.989. The molecule has 0 spiro atoms.